The first-order valence-electron chi connectivity index (χ1n) is 12.3. The first-order chi connectivity index (χ1) is 20.0. The number of carbonyl (C=O) groups is 3. The summed E-state index contributed by atoms with van der Waals surface area (Å²) in [5, 5.41) is 17.3. The predicted molar refractivity (Wildman–Crippen MR) is 138 cm³/mol. The lowest BCUT2D eigenvalue weighted by molar-refractivity contribution is -0.212. The van der Waals surface area contributed by atoms with E-state index >= 15 is 0 Å². The van der Waals surface area contributed by atoms with Crippen molar-refractivity contribution < 1.29 is 46.5 Å². The van der Waals surface area contributed by atoms with Gasteiger partial charge in [-0.25, -0.2) is 17.9 Å². The number of rotatable bonds is 8. The molecule has 0 aliphatic carbocycles. The molecule has 15 heteroatoms. The Morgan fingerprint density at radius 2 is 1.69 bits per heavy atom. The first-order valence-corrected chi connectivity index (χ1v) is 13.2. The fourth-order valence-electron chi connectivity index (χ4n) is 4.31. The van der Waals surface area contributed by atoms with Crippen molar-refractivity contribution in [3.63, 3.8) is 0 Å². The van der Waals surface area contributed by atoms with E-state index in [0.717, 1.165) is 42.4 Å². The molecule has 2 aromatic carbocycles. The number of ether oxygens (including phenoxy) is 4. The van der Waals surface area contributed by atoms with E-state index in [2.05, 4.69) is 10.3 Å². The molecule has 5 atom stereocenters. The number of carbonyl (C=O) groups excluding carboxylic acids is 3. The second-order valence-electron chi connectivity index (χ2n) is 9.08. The van der Waals surface area contributed by atoms with Crippen molar-refractivity contribution >= 4 is 29.7 Å². The lowest BCUT2D eigenvalue weighted by Gasteiger charge is -2.44. The van der Waals surface area contributed by atoms with Crippen LogP contribution in [-0.2, 0) is 33.3 Å². The van der Waals surface area contributed by atoms with Crippen LogP contribution in [0, 0.1) is 28.8 Å². The monoisotopic (exact) mass is 604 g/mol. The maximum atomic E-state index is 13.9. The molecule has 0 saturated carbocycles. The van der Waals surface area contributed by atoms with Gasteiger partial charge < -0.3 is 18.9 Å². The smallest absolute Gasteiger partial charge is 0.303 e. The van der Waals surface area contributed by atoms with Crippen LogP contribution < -0.4 is 0 Å². The van der Waals surface area contributed by atoms with Crippen LogP contribution in [0.5, 0.6) is 0 Å². The van der Waals surface area contributed by atoms with Crippen LogP contribution in [-0.4, -0.2) is 63.3 Å². The summed E-state index contributed by atoms with van der Waals surface area (Å²) in [6.07, 6.45) is -2.37. The Hall–Kier alpha value is -4.42. The summed E-state index contributed by atoms with van der Waals surface area (Å²) in [6.45, 7) is 3.08. The minimum Gasteiger partial charge on any atom is -0.463 e. The zero-order valence-electron chi connectivity index (χ0n) is 22.3. The minimum absolute atomic E-state index is 0.0788. The summed E-state index contributed by atoms with van der Waals surface area (Å²) in [5.74, 6) is -6.67. The molecule has 11 nitrogen and oxygen atoms in total. The van der Waals surface area contributed by atoms with Gasteiger partial charge in [0.15, 0.2) is 29.7 Å². The Labute approximate surface area is 241 Å². The molecule has 3 aromatic rings. The number of benzene rings is 2. The fourth-order valence-corrected chi connectivity index (χ4v) is 5.48. The van der Waals surface area contributed by atoms with Gasteiger partial charge in [0.05, 0.1) is 17.8 Å². The largest absolute Gasteiger partial charge is 0.463 e. The molecule has 0 amide bonds. The number of nitriles is 1. The van der Waals surface area contributed by atoms with Crippen LogP contribution in [0.3, 0.4) is 0 Å². The van der Waals surface area contributed by atoms with Crippen molar-refractivity contribution in [2.24, 2.45) is 0 Å². The summed E-state index contributed by atoms with van der Waals surface area (Å²) in [7, 11) is 0. The van der Waals surface area contributed by atoms with E-state index in [4.69, 9.17) is 18.9 Å². The van der Waals surface area contributed by atoms with Gasteiger partial charge in [-0.15, -0.1) is 5.10 Å². The van der Waals surface area contributed by atoms with Crippen LogP contribution >= 0.6 is 11.8 Å². The number of halogens is 3. The second kappa shape index (κ2) is 13.0. The molecule has 1 aliphatic rings. The minimum atomic E-state index is -1.66. The highest BCUT2D eigenvalue weighted by molar-refractivity contribution is 7.99. The van der Waals surface area contributed by atoms with Gasteiger partial charge in [0.2, 0.25) is 0 Å². The molecule has 0 radical (unpaired) electrons. The highest BCUT2D eigenvalue weighted by Gasteiger charge is 2.52. The third-order valence-corrected chi connectivity index (χ3v) is 7.12. The molecule has 4 rings (SSSR count). The molecule has 2 heterocycles. The van der Waals surface area contributed by atoms with Gasteiger partial charge >= 0.3 is 17.9 Å². The van der Waals surface area contributed by atoms with Gasteiger partial charge in [-0.3, -0.25) is 14.4 Å². The highest BCUT2D eigenvalue weighted by Crippen LogP contribution is 2.41. The molecule has 0 unspecified atom stereocenters. The number of hydrogen-bond donors (Lipinski definition) is 0. The number of thioether (sulfide) groups is 1. The Balaban J connectivity index is 1.82. The maximum absolute atomic E-state index is 13.9. The lowest BCUT2D eigenvalue weighted by Crippen LogP contribution is -2.57. The summed E-state index contributed by atoms with van der Waals surface area (Å²) in [6, 6.07) is 8.84. The predicted octanol–water partition coefficient (Wildman–Crippen LogP) is 3.72. The van der Waals surface area contributed by atoms with Crippen molar-refractivity contribution in [1.29, 1.82) is 5.26 Å². The summed E-state index contributed by atoms with van der Waals surface area (Å²) in [4.78, 5) is 36.7. The summed E-state index contributed by atoms with van der Waals surface area (Å²) < 4.78 is 65.2. The normalized spacial score (nSPS) is 21.7. The lowest BCUT2D eigenvalue weighted by atomic mass is 9.96. The number of aromatic nitrogens is 3. The molecular weight excluding hydrogens is 581 g/mol. The fraction of sp³-hybridized carbons (Fsp3) is 0.333. The number of esters is 3. The molecule has 220 valence electrons. The molecular formula is C27H23F3N4O7S. The van der Waals surface area contributed by atoms with E-state index in [-0.39, 0.29) is 17.9 Å². The highest BCUT2D eigenvalue weighted by atomic mass is 32.2. The van der Waals surface area contributed by atoms with Crippen molar-refractivity contribution in [1.82, 2.24) is 15.0 Å². The molecule has 0 bridgehead atoms. The standard InChI is InChI=1S/C27H23F3N4O7S/c1-13(35)38-12-22-25(39-14(2)36)24(34-11-21(32-33-34)17-8-19(28)23(30)20(29)9-17)26(40-15(3)37)27(41-22)42-18-6-4-5-16(7-18)10-31/h4-9,11,22,24-27H,12H2,1-3H3/t22-,24+,25+,26-,27-/m1/s1. The van der Waals surface area contributed by atoms with Gasteiger partial charge in [0.25, 0.3) is 0 Å². The van der Waals surface area contributed by atoms with Crippen LogP contribution in [0.4, 0.5) is 13.2 Å². The van der Waals surface area contributed by atoms with Gasteiger partial charge in [-0.1, -0.05) is 23.0 Å². The van der Waals surface area contributed by atoms with Crippen LogP contribution in [0.2, 0.25) is 0 Å². The zero-order chi connectivity index (χ0) is 30.6. The summed E-state index contributed by atoms with van der Waals surface area (Å²) >= 11 is 1.08. The molecule has 1 aliphatic heterocycles. The van der Waals surface area contributed by atoms with Crippen LogP contribution in [0.25, 0.3) is 11.3 Å². The average Bonchev–Trinajstić information content (AvgIpc) is 3.41. The van der Waals surface area contributed by atoms with Crippen molar-refractivity contribution in [3.05, 3.63) is 65.6 Å². The average molecular weight is 605 g/mol. The van der Waals surface area contributed by atoms with E-state index in [1.54, 1.807) is 24.3 Å². The Morgan fingerprint density at radius 3 is 2.31 bits per heavy atom. The van der Waals surface area contributed by atoms with Gasteiger partial charge in [-0.05, 0) is 30.3 Å². The molecule has 0 spiro atoms. The number of hydrogen-bond acceptors (Lipinski definition) is 11. The van der Waals surface area contributed by atoms with Crippen LogP contribution in [0.15, 0.2) is 47.5 Å². The maximum Gasteiger partial charge on any atom is 0.303 e. The van der Waals surface area contributed by atoms with E-state index in [1.807, 2.05) is 6.07 Å². The van der Waals surface area contributed by atoms with Gasteiger partial charge in [-0.2, -0.15) is 5.26 Å². The third kappa shape index (κ3) is 7.07. The topological polar surface area (TPSA) is 143 Å². The molecule has 42 heavy (non-hydrogen) atoms. The third-order valence-electron chi connectivity index (χ3n) is 5.98. The van der Waals surface area contributed by atoms with Gasteiger partial charge in [0, 0.05) is 31.2 Å². The van der Waals surface area contributed by atoms with E-state index < -0.39 is 65.1 Å². The van der Waals surface area contributed by atoms with Crippen molar-refractivity contribution in [2.45, 2.75) is 55.5 Å². The Bertz CT molecular complexity index is 1520. The first kappa shape index (κ1) is 30.5. The molecule has 1 fully saturated rings. The van der Waals surface area contributed by atoms with Crippen LogP contribution in [0.1, 0.15) is 32.4 Å². The van der Waals surface area contributed by atoms with Crippen molar-refractivity contribution in [3.8, 4) is 17.3 Å². The second-order valence-corrected chi connectivity index (χ2v) is 10.3. The van der Waals surface area contributed by atoms with Crippen molar-refractivity contribution in [2.75, 3.05) is 6.61 Å². The quantitative estimate of drug-likeness (QED) is 0.211. The van der Waals surface area contributed by atoms with E-state index in [9.17, 15) is 32.8 Å². The SMILES string of the molecule is CC(=O)OC[C@H]1O[C@H](Sc2cccc(C#N)c2)[C@H](OC(C)=O)[C@@H](n2cc(-c3cc(F)c(F)c(F)c3)nn2)[C@H]1OC(C)=O. The molecule has 0 N–H and O–H groups in total. The van der Waals surface area contributed by atoms with E-state index in [0.29, 0.717) is 10.5 Å². The van der Waals surface area contributed by atoms with Gasteiger partial charge in [0.1, 0.15) is 29.9 Å². The zero-order valence-corrected chi connectivity index (χ0v) is 23.1. The Kier molecular flexibility index (Phi) is 9.48. The molecule has 1 aromatic heterocycles. The summed E-state index contributed by atoms with van der Waals surface area (Å²) in [5.41, 5.74) is -0.905. The molecule has 1 saturated heterocycles. The number of nitrogens with zero attached hydrogens (tertiary/aromatic N) is 4. The van der Waals surface area contributed by atoms with E-state index in [1.165, 1.54) is 13.1 Å². The Morgan fingerprint density at radius 1 is 1.02 bits per heavy atom.